The molecule has 0 amide bonds. The molecule has 0 spiro atoms. The van der Waals surface area contributed by atoms with Crippen LogP contribution in [-0.4, -0.2) is 34.7 Å². The number of likely N-dealkylation sites (tertiary alicyclic amines) is 1. The quantitative estimate of drug-likeness (QED) is 0.927. The molecule has 1 aliphatic heterocycles. The summed E-state index contributed by atoms with van der Waals surface area (Å²) >= 11 is 3.44. The minimum atomic E-state index is -0.504. The van der Waals surface area contributed by atoms with Gasteiger partial charge < -0.3 is 5.11 Å². The Balaban J connectivity index is 1.65. The molecule has 1 atom stereocenters. The number of halogens is 1. The van der Waals surface area contributed by atoms with Crippen molar-refractivity contribution in [2.45, 2.75) is 37.3 Å². The van der Waals surface area contributed by atoms with Gasteiger partial charge in [-0.1, -0.05) is 28.1 Å². The summed E-state index contributed by atoms with van der Waals surface area (Å²) in [5, 5.41) is 10.6. The van der Waals surface area contributed by atoms with Crippen LogP contribution in [0.15, 0.2) is 28.7 Å². The van der Waals surface area contributed by atoms with Crippen molar-refractivity contribution in [2.75, 3.05) is 13.1 Å². The number of hydrogen-bond donors (Lipinski definition) is 1. The summed E-state index contributed by atoms with van der Waals surface area (Å²) in [5.74, 6) is 0. The Hall–Kier alpha value is -0.380. The third-order valence-corrected chi connectivity index (χ3v) is 4.40. The third-order valence-electron chi connectivity index (χ3n) is 3.87. The summed E-state index contributed by atoms with van der Waals surface area (Å²) in [7, 11) is 0. The van der Waals surface area contributed by atoms with Crippen LogP contribution >= 0.6 is 15.9 Å². The first-order chi connectivity index (χ1) is 8.15. The molecule has 0 bridgehead atoms. The average molecular weight is 296 g/mol. The summed E-state index contributed by atoms with van der Waals surface area (Å²) in [5.41, 5.74) is 0.726. The van der Waals surface area contributed by atoms with Gasteiger partial charge in [0.15, 0.2) is 0 Å². The highest BCUT2D eigenvalue weighted by molar-refractivity contribution is 9.10. The number of β-amino-alcohol motifs (C(OH)–C–C–N with tert-alkyl or cyclic N) is 1. The van der Waals surface area contributed by atoms with Crippen LogP contribution in [0.3, 0.4) is 0 Å². The smallest absolute Gasteiger partial charge is 0.0826 e. The Morgan fingerprint density at radius 1 is 1.29 bits per heavy atom. The van der Waals surface area contributed by atoms with E-state index in [4.69, 9.17) is 0 Å². The number of benzene rings is 1. The molecule has 2 fully saturated rings. The van der Waals surface area contributed by atoms with Gasteiger partial charge in [-0.3, -0.25) is 4.90 Å². The molecule has 1 aliphatic carbocycles. The second kappa shape index (κ2) is 4.38. The molecule has 1 aromatic carbocycles. The molecule has 1 unspecified atom stereocenters. The van der Waals surface area contributed by atoms with E-state index in [1.807, 2.05) is 12.1 Å². The third kappa shape index (κ3) is 2.72. The van der Waals surface area contributed by atoms with Gasteiger partial charge in [0.1, 0.15) is 0 Å². The maximum absolute atomic E-state index is 10.6. The molecule has 17 heavy (non-hydrogen) atoms. The summed E-state index contributed by atoms with van der Waals surface area (Å²) < 4.78 is 1.10. The molecule has 2 aliphatic rings. The topological polar surface area (TPSA) is 23.5 Å². The van der Waals surface area contributed by atoms with Gasteiger partial charge in [-0.15, -0.1) is 0 Å². The molecular weight excluding hydrogens is 278 g/mol. The van der Waals surface area contributed by atoms with E-state index in [1.54, 1.807) is 0 Å². The summed E-state index contributed by atoms with van der Waals surface area (Å²) in [6.45, 7) is 1.92. The first-order valence-corrected chi connectivity index (χ1v) is 7.15. The molecular formula is C14H18BrNO. The number of aliphatic hydroxyl groups is 1. The van der Waals surface area contributed by atoms with Crippen LogP contribution < -0.4 is 0 Å². The summed E-state index contributed by atoms with van der Waals surface area (Å²) in [6, 6.07) is 9.07. The molecule has 92 valence electrons. The van der Waals surface area contributed by atoms with Crippen molar-refractivity contribution in [3.05, 3.63) is 34.3 Å². The van der Waals surface area contributed by atoms with E-state index in [9.17, 15) is 5.11 Å². The SMILES string of the molecule is OC1(Cc2ccc(Br)cc2)CCN(C2CC2)C1. The lowest BCUT2D eigenvalue weighted by atomic mass is 9.94. The summed E-state index contributed by atoms with van der Waals surface area (Å²) in [4.78, 5) is 2.46. The van der Waals surface area contributed by atoms with E-state index < -0.39 is 5.60 Å². The number of rotatable bonds is 3. The highest BCUT2D eigenvalue weighted by atomic mass is 79.9. The summed E-state index contributed by atoms with van der Waals surface area (Å²) in [6.07, 6.45) is 4.35. The van der Waals surface area contributed by atoms with Crippen molar-refractivity contribution in [1.82, 2.24) is 4.90 Å². The molecule has 1 N–H and O–H groups in total. The number of nitrogens with zero attached hydrogens (tertiary/aromatic N) is 1. The highest BCUT2D eigenvalue weighted by Crippen LogP contribution is 2.34. The van der Waals surface area contributed by atoms with Crippen LogP contribution in [0, 0.1) is 0 Å². The van der Waals surface area contributed by atoms with Crippen LogP contribution in [0.25, 0.3) is 0 Å². The zero-order valence-corrected chi connectivity index (χ0v) is 11.5. The van der Waals surface area contributed by atoms with E-state index in [-0.39, 0.29) is 0 Å². The lowest BCUT2D eigenvalue weighted by molar-refractivity contribution is 0.0487. The van der Waals surface area contributed by atoms with Crippen LogP contribution in [0.5, 0.6) is 0 Å². The van der Waals surface area contributed by atoms with Crippen LogP contribution in [0.4, 0.5) is 0 Å². The Morgan fingerprint density at radius 2 is 2.00 bits per heavy atom. The van der Waals surface area contributed by atoms with E-state index in [1.165, 1.54) is 18.4 Å². The van der Waals surface area contributed by atoms with E-state index >= 15 is 0 Å². The van der Waals surface area contributed by atoms with Crippen molar-refractivity contribution in [3.8, 4) is 0 Å². The normalized spacial score (nSPS) is 29.8. The number of hydrogen-bond acceptors (Lipinski definition) is 2. The monoisotopic (exact) mass is 295 g/mol. The van der Waals surface area contributed by atoms with Gasteiger partial charge in [-0.05, 0) is 37.0 Å². The Labute approximate surface area is 111 Å². The fourth-order valence-electron chi connectivity index (χ4n) is 2.77. The molecule has 0 aromatic heterocycles. The standard InChI is InChI=1S/C14H18BrNO/c15-12-3-1-11(2-4-12)9-14(17)7-8-16(10-14)13-5-6-13/h1-4,13,17H,5-10H2. The van der Waals surface area contributed by atoms with Crippen molar-refractivity contribution >= 4 is 15.9 Å². The molecule has 1 heterocycles. The Kier molecular flexibility index (Phi) is 3.01. The lowest BCUT2D eigenvalue weighted by Gasteiger charge is -2.23. The Bertz CT molecular complexity index is 401. The second-order valence-corrected chi connectivity index (χ2v) is 6.39. The van der Waals surface area contributed by atoms with Gasteiger partial charge in [-0.2, -0.15) is 0 Å². The van der Waals surface area contributed by atoms with Gasteiger partial charge in [0, 0.05) is 30.0 Å². The average Bonchev–Trinajstić information content (AvgIpc) is 3.07. The molecule has 0 radical (unpaired) electrons. The highest BCUT2D eigenvalue weighted by Gasteiger charge is 2.41. The van der Waals surface area contributed by atoms with Gasteiger partial charge in [0.05, 0.1) is 5.60 Å². The minimum Gasteiger partial charge on any atom is -0.388 e. The lowest BCUT2D eigenvalue weighted by Crippen LogP contribution is -2.36. The zero-order chi connectivity index (χ0) is 11.9. The first-order valence-electron chi connectivity index (χ1n) is 6.36. The maximum Gasteiger partial charge on any atom is 0.0826 e. The molecule has 1 saturated carbocycles. The van der Waals surface area contributed by atoms with Crippen molar-refractivity contribution in [1.29, 1.82) is 0 Å². The predicted molar refractivity (Wildman–Crippen MR) is 72.0 cm³/mol. The van der Waals surface area contributed by atoms with Gasteiger partial charge in [-0.25, -0.2) is 0 Å². The first kappa shape index (κ1) is 11.7. The second-order valence-electron chi connectivity index (χ2n) is 5.48. The fraction of sp³-hybridized carbons (Fsp3) is 0.571. The van der Waals surface area contributed by atoms with Crippen LogP contribution in [-0.2, 0) is 6.42 Å². The maximum atomic E-state index is 10.6. The Morgan fingerprint density at radius 3 is 2.65 bits per heavy atom. The van der Waals surface area contributed by atoms with E-state index in [0.717, 1.165) is 36.4 Å². The van der Waals surface area contributed by atoms with Gasteiger partial charge in [0.2, 0.25) is 0 Å². The molecule has 2 nitrogen and oxygen atoms in total. The van der Waals surface area contributed by atoms with Crippen molar-refractivity contribution < 1.29 is 5.11 Å². The van der Waals surface area contributed by atoms with Gasteiger partial charge in [0.25, 0.3) is 0 Å². The minimum absolute atomic E-state index is 0.504. The molecule has 3 heteroatoms. The zero-order valence-electron chi connectivity index (χ0n) is 9.90. The molecule has 3 rings (SSSR count). The fourth-order valence-corrected chi connectivity index (χ4v) is 3.03. The van der Waals surface area contributed by atoms with Crippen LogP contribution in [0.2, 0.25) is 0 Å². The van der Waals surface area contributed by atoms with Crippen molar-refractivity contribution in [2.24, 2.45) is 0 Å². The molecule has 1 aromatic rings. The van der Waals surface area contributed by atoms with E-state index in [0.29, 0.717) is 0 Å². The van der Waals surface area contributed by atoms with Crippen molar-refractivity contribution in [3.63, 3.8) is 0 Å². The van der Waals surface area contributed by atoms with Gasteiger partial charge >= 0.3 is 0 Å². The van der Waals surface area contributed by atoms with Crippen LogP contribution in [0.1, 0.15) is 24.8 Å². The molecule has 1 saturated heterocycles. The predicted octanol–water partition coefficient (Wildman–Crippen LogP) is 2.59. The largest absolute Gasteiger partial charge is 0.388 e. The van der Waals surface area contributed by atoms with E-state index in [2.05, 4.69) is 33.0 Å².